The van der Waals surface area contributed by atoms with Crippen LogP contribution in [0.3, 0.4) is 0 Å². The molecule has 1 amide bonds. The molecule has 0 bridgehead atoms. The fraction of sp³-hybridized carbons (Fsp3) is 0.194. The lowest BCUT2D eigenvalue weighted by molar-refractivity contribution is -0.116. The Bertz CT molecular complexity index is 1580. The summed E-state index contributed by atoms with van der Waals surface area (Å²) in [6, 6.07) is 26.1. The molecule has 0 spiro atoms. The van der Waals surface area contributed by atoms with Crippen molar-refractivity contribution in [1.29, 1.82) is 0 Å². The van der Waals surface area contributed by atoms with Crippen molar-refractivity contribution in [3.63, 3.8) is 0 Å². The fourth-order valence-electron chi connectivity index (χ4n) is 3.89. The molecule has 0 radical (unpaired) electrons. The summed E-state index contributed by atoms with van der Waals surface area (Å²) < 4.78 is 61.7. The third-order valence-corrected chi connectivity index (χ3v) is 7.31. The van der Waals surface area contributed by atoms with Gasteiger partial charge in [-0.25, -0.2) is 8.57 Å². The van der Waals surface area contributed by atoms with Crippen molar-refractivity contribution in [1.82, 2.24) is 0 Å². The van der Waals surface area contributed by atoms with E-state index in [-0.39, 0.29) is 29.6 Å². The molecular formula is C31H30FNO7S. The number of carbonyl (C=O) groups excluding carboxylic acids is 1. The van der Waals surface area contributed by atoms with Gasteiger partial charge >= 0.3 is 0 Å². The molecule has 0 fully saturated rings. The fourth-order valence-corrected chi connectivity index (χ4v) is 4.88. The first-order valence-corrected chi connectivity index (χ1v) is 14.1. The van der Waals surface area contributed by atoms with E-state index in [1.54, 1.807) is 48.5 Å². The van der Waals surface area contributed by atoms with Gasteiger partial charge in [0.1, 0.15) is 23.9 Å². The number of para-hydroxylation sites is 1. The smallest absolute Gasteiger partial charge is 0.299 e. The van der Waals surface area contributed by atoms with E-state index in [0.717, 1.165) is 5.56 Å². The summed E-state index contributed by atoms with van der Waals surface area (Å²) >= 11 is 0. The Morgan fingerprint density at radius 2 is 1.61 bits per heavy atom. The number of amides is 1. The maximum absolute atomic E-state index is 14.3. The molecule has 0 saturated heterocycles. The predicted octanol–water partition coefficient (Wildman–Crippen LogP) is 6.24. The quantitative estimate of drug-likeness (QED) is 0.145. The summed E-state index contributed by atoms with van der Waals surface area (Å²) in [5, 5.41) is 0. The lowest BCUT2D eigenvalue weighted by Crippen LogP contribution is -2.28. The number of hydrogen-bond donors (Lipinski definition) is 0. The molecule has 4 aromatic carbocycles. The van der Waals surface area contributed by atoms with Gasteiger partial charge in [-0.2, -0.15) is 8.42 Å². The number of nitrogens with zero attached hydrogens (tertiary/aromatic N) is 1. The highest BCUT2D eigenvalue weighted by molar-refractivity contribution is 7.86. The average Bonchev–Trinajstić information content (AvgIpc) is 2.96. The van der Waals surface area contributed by atoms with E-state index in [1.165, 1.54) is 49.3 Å². The summed E-state index contributed by atoms with van der Waals surface area (Å²) in [4.78, 5) is 14.1. The Hall–Kier alpha value is -4.25. The molecule has 41 heavy (non-hydrogen) atoms. The van der Waals surface area contributed by atoms with Crippen molar-refractivity contribution in [2.45, 2.75) is 31.6 Å². The maximum atomic E-state index is 14.3. The van der Waals surface area contributed by atoms with Gasteiger partial charge in [-0.15, -0.1) is 0 Å². The number of benzene rings is 4. The van der Waals surface area contributed by atoms with E-state index in [2.05, 4.69) is 0 Å². The van der Waals surface area contributed by atoms with Crippen LogP contribution in [0.1, 0.15) is 18.1 Å². The van der Waals surface area contributed by atoms with E-state index in [1.807, 2.05) is 25.1 Å². The molecular weight excluding hydrogens is 549 g/mol. The van der Waals surface area contributed by atoms with E-state index < -0.39 is 22.2 Å². The van der Waals surface area contributed by atoms with E-state index in [4.69, 9.17) is 18.4 Å². The van der Waals surface area contributed by atoms with Gasteiger partial charge in [-0.3, -0.25) is 4.79 Å². The number of halogens is 1. The number of aryl methyl sites for hydroxylation is 1. The third-order valence-electron chi connectivity index (χ3n) is 5.99. The lowest BCUT2D eigenvalue weighted by atomic mass is 10.1. The third kappa shape index (κ3) is 8.14. The molecule has 0 heterocycles. The van der Waals surface area contributed by atoms with Gasteiger partial charge in [0, 0.05) is 20.1 Å². The molecule has 214 valence electrons. The predicted molar refractivity (Wildman–Crippen MR) is 152 cm³/mol. The van der Waals surface area contributed by atoms with Crippen LogP contribution in [0.4, 0.5) is 10.1 Å². The number of anilines is 1. The normalized spacial score (nSPS) is 12.0. The number of carbonyl (C=O) groups is 1. The number of hydrogen-bond acceptors (Lipinski definition) is 7. The van der Waals surface area contributed by atoms with Crippen LogP contribution in [-0.4, -0.2) is 34.3 Å². The number of rotatable bonds is 12. The van der Waals surface area contributed by atoms with Crippen LogP contribution in [0.5, 0.6) is 17.2 Å². The van der Waals surface area contributed by atoms with Gasteiger partial charge in [-0.05, 0) is 61.0 Å². The molecule has 10 heteroatoms. The van der Waals surface area contributed by atoms with Gasteiger partial charge in [-0.1, -0.05) is 48.0 Å². The van der Waals surface area contributed by atoms with Crippen molar-refractivity contribution in [2.24, 2.45) is 0 Å². The molecule has 4 rings (SSSR count). The van der Waals surface area contributed by atoms with Crippen molar-refractivity contribution >= 4 is 21.7 Å². The zero-order chi connectivity index (χ0) is 29.4. The summed E-state index contributed by atoms with van der Waals surface area (Å²) in [5.41, 5.74) is 1.85. The van der Waals surface area contributed by atoms with Gasteiger partial charge in [0.05, 0.1) is 17.1 Å². The van der Waals surface area contributed by atoms with Crippen molar-refractivity contribution in [3.8, 4) is 17.2 Å². The van der Waals surface area contributed by atoms with Gasteiger partial charge < -0.3 is 19.1 Å². The van der Waals surface area contributed by atoms with Crippen molar-refractivity contribution < 1.29 is 36.0 Å². The molecule has 1 atom stereocenters. The summed E-state index contributed by atoms with van der Waals surface area (Å²) in [6.45, 7) is 3.10. The second-order valence-electron chi connectivity index (χ2n) is 9.12. The maximum Gasteiger partial charge on any atom is 0.299 e. The Morgan fingerprint density at radius 3 is 2.29 bits per heavy atom. The summed E-state index contributed by atoms with van der Waals surface area (Å²) in [7, 11) is -2.77. The Balaban J connectivity index is 1.48. The van der Waals surface area contributed by atoms with Gasteiger partial charge in [0.2, 0.25) is 12.2 Å². The highest BCUT2D eigenvalue weighted by Gasteiger charge is 2.23. The van der Waals surface area contributed by atoms with E-state index >= 15 is 0 Å². The van der Waals surface area contributed by atoms with Crippen LogP contribution >= 0.6 is 0 Å². The summed E-state index contributed by atoms with van der Waals surface area (Å²) in [6.07, 6.45) is -1.20. The minimum atomic E-state index is -4.08. The first-order valence-electron chi connectivity index (χ1n) is 12.7. The molecule has 8 nitrogen and oxygen atoms in total. The lowest BCUT2D eigenvalue weighted by Gasteiger charge is -2.24. The molecule has 1 unspecified atom stereocenters. The van der Waals surface area contributed by atoms with Gasteiger partial charge in [0.25, 0.3) is 10.1 Å². The first kappa shape index (κ1) is 29.7. The molecule has 4 aromatic rings. The number of ether oxygens (including phenoxy) is 3. The second kappa shape index (κ2) is 13.4. The van der Waals surface area contributed by atoms with Crippen LogP contribution in [0.2, 0.25) is 0 Å². The van der Waals surface area contributed by atoms with Crippen LogP contribution in [0.25, 0.3) is 0 Å². The zero-order valence-corrected chi connectivity index (χ0v) is 23.6. The molecule has 0 aromatic heterocycles. The topological polar surface area (TPSA) is 91.4 Å². The van der Waals surface area contributed by atoms with Gasteiger partial charge in [0.15, 0.2) is 5.75 Å². The average molecular weight is 580 g/mol. The highest BCUT2D eigenvalue weighted by atomic mass is 32.2. The van der Waals surface area contributed by atoms with Crippen molar-refractivity contribution in [2.75, 3.05) is 18.6 Å². The van der Waals surface area contributed by atoms with Crippen LogP contribution in [0, 0.1) is 12.7 Å². The van der Waals surface area contributed by atoms with Crippen LogP contribution in [0.15, 0.2) is 102 Å². The monoisotopic (exact) mass is 579 g/mol. The Kier molecular flexibility index (Phi) is 9.72. The summed E-state index contributed by atoms with van der Waals surface area (Å²) in [5.74, 6) is 0.405. The van der Waals surface area contributed by atoms with Crippen molar-refractivity contribution in [3.05, 3.63) is 114 Å². The molecule has 0 aliphatic rings. The Morgan fingerprint density at radius 1 is 0.902 bits per heavy atom. The Labute approximate surface area is 239 Å². The second-order valence-corrected chi connectivity index (χ2v) is 10.7. The van der Waals surface area contributed by atoms with Crippen LogP contribution in [-0.2, 0) is 30.4 Å². The number of methoxy groups -OCH3 is 1. The van der Waals surface area contributed by atoms with E-state index in [9.17, 15) is 17.6 Å². The zero-order valence-electron chi connectivity index (χ0n) is 22.8. The molecule has 0 aliphatic carbocycles. The van der Waals surface area contributed by atoms with Crippen LogP contribution < -0.4 is 14.4 Å². The largest absolute Gasteiger partial charge is 0.488 e. The molecule has 0 N–H and O–H groups in total. The van der Waals surface area contributed by atoms with E-state index in [0.29, 0.717) is 22.8 Å². The molecule has 0 saturated carbocycles. The molecule has 0 aliphatic heterocycles. The SMILES string of the molecule is COC(COc1cccc(CN(C(C)=O)c2cc(F)ccc2Oc2ccccc2)c1)OS(=O)(=O)c1ccc(C)cc1. The standard InChI is InChI=1S/C31H30FNO7S/c1-22-12-15-28(16-13-22)41(35,36)40-31(37-3)21-38-27-11-7-8-24(18-27)20-33(23(2)34)29-19-25(32)14-17-30(29)39-26-9-5-4-6-10-26/h4-19,31H,20-21H2,1-3H3. The highest BCUT2D eigenvalue weighted by Crippen LogP contribution is 2.34. The first-order chi connectivity index (χ1) is 19.6. The minimum Gasteiger partial charge on any atom is -0.488 e. The minimum absolute atomic E-state index is 0.00411.